The van der Waals surface area contributed by atoms with Gasteiger partial charge >= 0.3 is 0 Å². The molecule has 0 saturated carbocycles. The van der Waals surface area contributed by atoms with Crippen LogP contribution in [0, 0.1) is 0 Å². The summed E-state index contributed by atoms with van der Waals surface area (Å²) in [5.41, 5.74) is 11.7. The molecule has 3 heterocycles. The molecule has 0 radical (unpaired) electrons. The molecule has 13 aromatic rings. The third-order valence-corrected chi connectivity index (χ3v) is 14.1. The topological polar surface area (TPSA) is 43.6 Å². The Morgan fingerprint density at radius 3 is 1.60 bits per heavy atom. The van der Waals surface area contributed by atoms with Crippen LogP contribution in [0.25, 0.3) is 136 Å². The van der Waals surface area contributed by atoms with Gasteiger partial charge < -0.3 is 0 Å². The lowest BCUT2D eigenvalue weighted by atomic mass is 9.96. The fraction of sp³-hybridized carbons (Fsp3) is 0. The summed E-state index contributed by atoms with van der Waals surface area (Å²) in [5, 5.41) is 12.1. The van der Waals surface area contributed by atoms with Gasteiger partial charge in [0, 0.05) is 42.1 Å². The minimum atomic E-state index is 0.584. The fourth-order valence-corrected chi connectivity index (χ4v) is 11.4. The molecule has 3 aromatic heterocycles. The molecule has 0 N–H and O–H groups in total. The molecule has 0 atom stereocenters. The van der Waals surface area contributed by atoms with E-state index in [-0.39, 0.29) is 0 Å². The number of hydrogen-bond donors (Lipinski definition) is 0. The zero-order valence-electron chi connectivity index (χ0n) is 33.2. The van der Waals surface area contributed by atoms with E-state index in [0.29, 0.717) is 17.6 Å². The molecule has 0 unspecified atom stereocenters. The van der Waals surface area contributed by atoms with Crippen molar-refractivity contribution in [3.8, 4) is 62.1 Å². The van der Waals surface area contributed by atoms with E-state index in [9.17, 15) is 0 Å². The summed E-state index contributed by atoms with van der Waals surface area (Å²) in [6.07, 6.45) is 0. The summed E-state index contributed by atoms with van der Waals surface area (Å²) in [6.45, 7) is 0. The maximum atomic E-state index is 5.34. The first-order chi connectivity index (χ1) is 30.7. The first-order valence-electron chi connectivity index (χ1n) is 21.0. The Kier molecular flexibility index (Phi) is 6.96. The van der Waals surface area contributed by atoms with Crippen molar-refractivity contribution in [1.82, 2.24) is 19.5 Å². The minimum absolute atomic E-state index is 0.584. The predicted molar refractivity (Wildman–Crippen MR) is 260 cm³/mol. The lowest BCUT2D eigenvalue weighted by molar-refractivity contribution is 0.955. The van der Waals surface area contributed by atoms with Gasteiger partial charge in [-0.2, -0.15) is 9.97 Å². The minimum Gasteiger partial charge on any atom is -0.278 e. The summed E-state index contributed by atoms with van der Waals surface area (Å²) >= 11 is 1.89. The van der Waals surface area contributed by atoms with Gasteiger partial charge in [0.15, 0.2) is 11.6 Å². The SMILES string of the molecule is c1ccc2c(c1)-c1cccc3c1c-2cc1sc2ccc(-c4ccc5c(c4)c4ccccc4n5-c4nc(-c5cccc6ccccc56)nc(-c5cccc6ccccc56)n4)cc2c13. The summed E-state index contributed by atoms with van der Waals surface area (Å²) in [7, 11) is 0. The van der Waals surface area contributed by atoms with Gasteiger partial charge in [-0.1, -0.05) is 158 Å². The van der Waals surface area contributed by atoms with E-state index in [1.54, 1.807) is 0 Å². The molecule has 4 nitrogen and oxygen atoms in total. The standard InChI is InChI=1S/C57H32N4S/c1-3-16-37-33(12-1)14-9-22-43(37)55-58-56(44-23-10-15-34-13-2-4-17-38(34)44)60-57(59-55)61-49-25-8-7-20-41(49)46-30-35(26-28-50(46)61)36-27-29-51-48(31-36)54-45-24-11-21-42-39-18-5-6-19-40(39)47(53(42)45)32-52(54)62-51/h1-32H. The molecule has 14 rings (SSSR count). The smallest absolute Gasteiger partial charge is 0.238 e. The van der Waals surface area contributed by atoms with Crippen molar-refractivity contribution in [2.75, 3.05) is 0 Å². The molecule has 5 heteroatoms. The third-order valence-electron chi connectivity index (χ3n) is 13.0. The molecule has 0 bridgehead atoms. The fourth-order valence-electron chi connectivity index (χ4n) is 10.2. The third kappa shape index (κ3) is 4.79. The zero-order valence-corrected chi connectivity index (χ0v) is 34.0. The number of benzene rings is 10. The van der Waals surface area contributed by atoms with Gasteiger partial charge in [0.05, 0.1) is 11.0 Å². The second-order valence-corrected chi connectivity index (χ2v) is 17.4. The van der Waals surface area contributed by atoms with Crippen molar-refractivity contribution in [1.29, 1.82) is 0 Å². The van der Waals surface area contributed by atoms with Crippen molar-refractivity contribution in [2.45, 2.75) is 0 Å². The molecule has 62 heavy (non-hydrogen) atoms. The number of hydrogen-bond acceptors (Lipinski definition) is 4. The van der Waals surface area contributed by atoms with E-state index in [1.807, 2.05) is 11.3 Å². The molecule has 10 aromatic carbocycles. The highest BCUT2D eigenvalue weighted by molar-refractivity contribution is 7.26. The molecule has 0 aliphatic heterocycles. The lowest BCUT2D eigenvalue weighted by Crippen LogP contribution is -2.06. The van der Waals surface area contributed by atoms with E-state index in [1.165, 1.54) is 64.3 Å². The molecule has 0 fully saturated rings. The number of fused-ring (bicyclic) bond motifs is 12. The van der Waals surface area contributed by atoms with Crippen LogP contribution in [0.5, 0.6) is 0 Å². The Morgan fingerprint density at radius 2 is 0.855 bits per heavy atom. The quantitative estimate of drug-likeness (QED) is 0.178. The summed E-state index contributed by atoms with van der Waals surface area (Å²) < 4.78 is 4.85. The number of nitrogens with zero attached hydrogens (tertiary/aromatic N) is 4. The van der Waals surface area contributed by atoms with Crippen molar-refractivity contribution in [2.24, 2.45) is 0 Å². The zero-order chi connectivity index (χ0) is 40.5. The number of thiophene rings is 1. The Morgan fingerprint density at radius 1 is 0.323 bits per heavy atom. The van der Waals surface area contributed by atoms with Gasteiger partial charge in [0.2, 0.25) is 5.95 Å². The Balaban J connectivity index is 0.977. The number of rotatable bonds is 4. The van der Waals surface area contributed by atoms with Gasteiger partial charge in [0.25, 0.3) is 0 Å². The van der Waals surface area contributed by atoms with Crippen molar-refractivity contribution in [3.05, 3.63) is 194 Å². The Hall–Kier alpha value is -7.99. The first kappa shape index (κ1) is 33.8. The molecule has 286 valence electrons. The van der Waals surface area contributed by atoms with Gasteiger partial charge in [-0.25, -0.2) is 4.98 Å². The Labute approximate surface area is 359 Å². The lowest BCUT2D eigenvalue weighted by Gasteiger charge is -2.13. The molecule has 0 amide bonds. The monoisotopic (exact) mass is 804 g/mol. The largest absolute Gasteiger partial charge is 0.278 e. The highest BCUT2D eigenvalue weighted by Crippen LogP contribution is 2.52. The maximum Gasteiger partial charge on any atom is 0.238 e. The first-order valence-corrected chi connectivity index (χ1v) is 21.8. The number of aromatic nitrogens is 4. The van der Waals surface area contributed by atoms with Crippen LogP contribution in [0.1, 0.15) is 0 Å². The van der Waals surface area contributed by atoms with Crippen LogP contribution >= 0.6 is 11.3 Å². The maximum absolute atomic E-state index is 5.34. The van der Waals surface area contributed by atoms with Crippen LogP contribution < -0.4 is 0 Å². The summed E-state index contributed by atoms with van der Waals surface area (Å²) in [6, 6.07) is 70.1. The van der Waals surface area contributed by atoms with Crippen molar-refractivity contribution < 1.29 is 0 Å². The van der Waals surface area contributed by atoms with E-state index in [4.69, 9.17) is 15.0 Å². The molecule has 0 spiro atoms. The summed E-state index contributed by atoms with van der Waals surface area (Å²) in [5.74, 6) is 1.86. The van der Waals surface area contributed by atoms with E-state index in [2.05, 4.69) is 199 Å². The molecular formula is C57H32N4S. The van der Waals surface area contributed by atoms with Crippen molar-refractivity contribution >= 4 is 85.6 Å². The van der Waals surface area contributed by atoms with Crippen molar-refractivity contribution in [3.63, 3.8) is 0 Å². The van der Waals surface area contributed by atoms with Gasteiger partial charge in [-0.05, 0) is 102 Å². The second kappa shape index (κ2) is 12.8. The summed E-state index contributed by atoms with van der Waals surface area (Å²) in [4.78, 5) is 15.9. The average molecular weight is 805 g/mol. The van der Waals surface area contributed by atoms with Gasteiger partial charge in [-0.15, -0.1) is 11.3 Å². The van der Waals surface area contributed by atoms with Crippen LogP contribution in [-0.2, 0) is 0 Å². The van der Waals surface area contributed by atoms with Crippen LogP contribution in [0.4, 0.5) is 0 Å². The number of para-hydroxylation sites is 1. The average Bonchev–Trinajstić information content (AvgIpc) is 3.99. The van der Waals surface area contributed by atoms with Gasteiger partial charge in [0.1, 0.15) is 0 Å². The van der Waals surface area contributed by atoms with E-state index in [0.717, 1.165) is 54.5 Å². The molecular weight excluding hydrogens is 773 g/mol. The van der Waals surface area contributed by atoms with Crippen LogP contribution in [-0.4, -0.2) is 19.5 Å². The normalized spacial score (nSPS) is 12.2. The predicted octanol–water partition coefficient (Wildman–Crippen LogP) is 15.4. The van der Waals surface area contributed by atoms with Crippen LogP contribution in [0.3, 0.4) is 0 Å². The Bertz CT molecular complexity index is 3950. The van der Waals surface area contributed by atoms with E-state index < -0.39 is 0 Å². The molecule has 1 aliphatic carbocycles. The second-order valence-electron chi connectivity index (χ2n) is 16.3. The van der Waals surface area contributed by atoms with Crippen LogP contribution in [0.2, 0.25) is 0 Å². The highest BCUT2D eigenvalue weighted by atomic mass is 32.1. The molecule has 1 aliphatic rings. The van der Waals surface area contributed by atoms with E-state index >= 15 is 0 Å². The molecule has 0 saturated heterocycles. The highest BCUT2D eigenvalue weighted by Gasteiger charge is 2.25. The van der Waals surface area contributed by atoms with Crippen LogP contribution in [0.15, 0.2) is 194 Å². The van der Waals surface area contributed by atoms with Gasteiger partial charge in [-0.3, -0.25) is 4.57 Å².